The van der Waals surface area contributed by atoms with Crippen LogP contribution >= 0.6 is 0 Å². The topological polar surface area (TPSA) is 75.7 Å². The Labute approximate surface area is 156 Å². The molecule has 1 aromatic carbocycles. The molecule has 0 saturated carbocycles. The minimum atomic E-state index is -3.47. The molecule has 1 amide bonds. The monoisotopic (exact) mass is 380 g/mol. The number of hydrogen-bond acceptors (Lipinski definition) is 4. The molecule has 0 spiro atoms. The van der Waals surface area contributed by atoms with Gasteiger partial charge in [-0.2, -0.15) is 0 Å². The summed E-state index contributed by atoms with van der Waals surface area (Å²) in [5.41, 5.74) is 1.93. The fourth-order valence-corrected chi connectivity index (χ4v) is 3.95. The number of methoxy groups -OCH3 is 1. The molecule has 0 aliphatic heterocycles. The molecule has 26 heavy (non-hydrogen) atoms. The number of sulfonamides is 1. The Hall–Kier alpha value is -2.02. The van der Waals surface area contributed by atoms with Crippen LogP contribution in [0.25, 0.3) is 0 Å². The predicted octanol–water partition coefficient (Wildman–Crippen LogP) is 2.86. The normalized spacial score (nSPS) is 14.5. The third kappa shape index (κ3) is 6.37. The van der Waals surface area contributed by atoms with Gasteiger partial charge in [0, 0.05) is 19.5 Å². The summed E-state index contributed by atoms with van der Waals surface area (Å²) < 4.78 is 30.5. The standard InChI is InChI=1S/C19H28N2O4S/c1-25-18-10-8-17(9-11-18)21(26(2,23)24)15-13-19(22)20-14-12-16-6-4-3-5-7-16/h6,8-11H,3-5,7,12-15H2,1-2H3,(H,20,22). The van der Waals surface area contributed by atoms with Gasteiger partial charge in [0.05, 0.1) is 19.1 Å². The molecule has 0 atom stereocenters. The average molecular weight is 381 g/mol. The first-order valence-corrected chi connectivity index (χ1v) is 10.8. The largest absolute Gasteiger partial charge is 0.497 e. The van der Waals surface area contributed by atoms with Gasteiger partial charge in [0.2, 0.25) is 15.9 Å². The quantitative estimate of drug-likeness (QED) is 0.669. The lowest BCUT2D eigenvalue weighted by Crippen LogP contribution is -2.35. The SMILES string of the molecule is COc1ccc(N(CCC(=O)NCCC2=CCCCC2)S(C)(=O)=O)cc1. The molecule has 1 aromatic rings. The van der Waals surface area contributed by atoms with Crippen molar-refractivity contribution >= 4 is 21.6 Å². The van der Waals surface area contributed by atoms with Crippen molar-refractivity contribution in [2.45, 2.75) is 38.5 Å². The molecule has 0 fully saturated rings. The lowest BCUT2D eigenvalue weighted by Gasteiger charge is -2.22. The van der Waals surface area contributed by atoms with E-state index >= 15 is 0 Å². The van der Waals surface area contributed by atoms with Gasteiger partial charge >= 0.3 is 0 Å². The summed E-state index contributed by atoms with van der Waals surface area (Å²) in [5.74, 6) is 0.514. The van der Waals surface area contributed by atoms with E-state index in [1.807, 2.05) is 0 Å². The third-order valence-corrected chi connectivity index (χ3v) is 5.65. The van der Waals surface area contributed by atoms with Gasteiger partial charge in [-0.3, -0.25) is 9.10 Å². The summed E-state index contributed by atoms with van der Waals surface area (Å²) >= 11 is 0. The minimum absolute atomic E-state index is 0.111. The van der Waals surface area contributed by atoms with Gasteiger partial charge in [0.15, 0.2) is 0 Å². The number of benzene rings is 1. The Balaban J connectivity index is 1.86. The summed E-state index contributed by atoms with van der Waals surface area (Å²) in [6.45, 7) is 0.714. The summed E-state index contributed by atoms with van der Waals surface area (Å²) in [5, 5.41) is 2.89. The highest BCUT2D eigenvalue weighted by Crippen LogP contribution is 2.22. The summed E-state index contributed by atoms with van der Waals surface area (Å²) in [6.07, 6.45) is 9.14. The maximum atomic E-state index is 12.1. The molecule has 0 heterocycles. The zero-order valence-electron chi connectivity index (χ0n) is 15.5. The van der Waals surface area contributed by atoms with Crippen LogP contribution in [-0.2, 0) is 14.8 Å². The van der Waals surface area contributed by atoms with E-state index in [0.29, 0.717) is 18.0 Å². The third-order valence-electron chi connectivity index (χ3n) is 4.46. The van der Waals surface area contributed by atoms with Crippen LogP contribution in [0.2, 0.25) is 0 Å². The van der Waals surface area contributed by atoms with E-state index < -0.39 is 10.0 Å². The second-order valence-corrected chi connectivity index (χ2v) is 8.40. The van der Waals surface area contributed by atoms with Crippen LogP contribution in [0.1, 0.15) is 38.5 Å². The van der Waals surface area contributed by atoms with Crippen LogP contribution in [0, 0.1) is 0 Å². The molecule has 6 nitrogen and oxygen atoms in total. The molecular weight excluding hydrogens is 352 g/mol. The molecule has 0 bridgehead atoms. The number of nitrogens with zero attached hydrogens (tertiary/aromatic N) is 1. The van der Waals surface area contributed by atoms with Gasteiger partial charge in [-0.05, 0) is 56.4 Å². The highest BCUT2D eigenvalue weighted by Gasteiger charge is 2.18. The summed E-state index contributed by atoms with van der Waals surface area (Å²) in [6, 6.07) is 6.75. The first-order chi connectivity index (χ1) is 12.4. The zero-order valence-corrected chi connectivity index (χ0v) is 16.3. The van der Waals surface area contributed by atoms with Gasteiger partial charge in [0.25, 0.3) is 0 Å². The molecular formula is C19H28N2O4S. The molecule has 1 aliphatic rings. The van der Waals surface area contributed by atoms with Crippen molar-refractivity contribution in [2.24, 2.45) is 0 Å². The smallest absolute Gasteiger partial charge is 0.232 e. The lowest BCUT2D eigenvalue weighted by molar-refractivity contribution is -0.120. The van der Waals surface area contributed by atoms with Crippen molar-refractivity contribution in [3.05, 3.63) is 35.9 Å². The van der Waals surface area contributed by atoms with Crippen LogP contribution in [0.4, 0.5) is 5.69 Å². The minimum Gasteiger partial charge on any atom is -0.497 e. The maximum Gasteiger partial charge on any atom is 0.232 e. The van der Waals surface area contributed by atoms with Crippen molar-refractivity contribution in [3.63, 3.8) is 0 Å². The zero-order chi connectivity index (χ0) is 19.0. The lowest BCUT2D eigenvalue weighted by atomic mass is 9.97. The summed E-state index contributed by atoms with van der Waals surface area (Å²) in [4.78, 5) is 12.1. The molecule has 7 heteroatoms. The number of amides is 1. The Kier molecular flexibility index (Phi) is 7.50. The highest BCUT2D eigenvalue weighted by molar-refractivity contribution is 7.92. The molecule has 144 valence electrons. The van der Waals surface area contributed by atoms with Gasteiger partial charge in [-0.1, -0.05) is 11.6 Å². The number of rotatable bonds is 9. The molecule has 0 aromatic heterocycles. The van der Waals surface area contributed by atoms with E-state index in [-0.39, 0.29) is 18.9 Å². The van der Waals surface area contributed by atoms with Crippen molar-refractivity contribution < 1.29 is 17.9 Å². The van der Waals surface area contributed by atoms with E-state index in [4.69, 9.17) is 4.74 Å². The molecule has 0 unspecified atom stereocenters. The first kappa shape index (κ1) is 20.3. The van der Waals surface area contributed by atoms with Crippen LogP contribution in [0.3, 0.4) is 0 Å². The van der Waals surface area contributed by atoms with Gasteiger partial charge in [-0.15, -0.1) is 0 Å². The Morgan fingerprint density at radius 1 is 1.23 bits per heavy atom. The van der Waals surface area contributed by atoms with Crippen molar-refractivity contribution in [3.8, 4) is 5.75 Å². The number of carbonyl (C=O) groups is 1. The van der Waals surface area contributed by atoms with Crippen LogP contribution in [-0.4, -0.2) is 40.8 Å². The van der Waals surface area contributed by atoms with E-state index in [2.05, 4.69) is 11.4 Å². The van der Waals surface area contributed by atoms with Crippen LogP contribution < -0.4 is 14.4 Å². The second-order valence-electron chi connectivity index (χ2n) is 6.49. The van der Waals surface area contributed by atoms with Crippen LogP contribution in [0.5, 0.6) is 5.75 Å². The Bertz CT molecular complexity index is 726. The average Bonchev–Trinajstić information content (AvgIpc) is 2.62. The molecule has 1 aliphatic carbocycles. The van der Waals surface area contributed by atoms with Crippen molar-refractivity contribution in [1.82, 2.24) is 5.32 Å². The second kappa shape index (κ2) is 9.62. The molecule has 1 N–H and O–H groups in total. The fraction of sp³-hybridized carbons (Fsp3) is 0.526. The molecule has 0 radical (unpaired) electrons. The van der Waals surface area contributed by atoms with Crippen molar-refractivity contribution in [2.75, 3.05) is 30.8 Å². The number of ether oxygens (including phenoxy) is 1. The Morgan fingerprint density at radius 3 is 2.54 bits per heavy atom. The van der Waals surface area contributed by atoms with Gasteiger partial charge in [-0.25, -0.2) is 8.42 Å². The Morgan fingerprint density at radius 2 is 1.96 bits per heavy atom. The fourth-order valence-electron chi connectivity index (χ4n) is 3.02. The molecule has 2 rings (SSSR count). The number of hydrogen-bond donors (Lipinski definition) is 1. The van der Waals surface area contributed by atoms with E-state index in [9.17, 15) is 13.2 Å². The predicted molar refractivity (Wildman–Crippen MR) is 104 cm³/mol. The van der Waals surface area contributed by atoms with Crippen LogP contribution in [0.15, 0.2) is 35.9 Å². The number of allylic oxidation sites excluding steroid dienone is 1. The van der Waals surface area contributed by atoms with E-state index in [0.717, 1.165) is 25.5 Å². The number of anilines is 1. The number of nitrogens with one attached hydrogen (secondary N) is 1. The van der Waals surface area contributed by atoms with Crippen molar-refractivity contribution in [1.29, 1.82) is 0 Å². The van der Waals surface area contributed by atoms with Gasteiger partial charge in [0.1, 0.15) is 5.75 Å². The number of carbonyl (C=O) groups excluding carboxylic acids is 1. The first-order valence-electron chi connectivity index (χ1n) is 8.96. The molecule has 0 saturated heterocycles. The van der Waals surface area contributed by atoms with Gasteiger partial charge < -0.3 is 10.1 Å². The maximum absolute atomic E-state index is 12.1. The van der Waals surface area contributed by atoms with E-state index in [1.54, 1.807) is 31.4 Å². The highest BCUT2D eigenvalue weighted by atomic mass is 32.2. The summed E-state index contributed by atoms with van der Waals surface area (Å²) in [7, 11) is -1.91. The van der Waals surface area contributed by atoms with E-state index in [1.165, 1.54) is 22.7 Å².